The molecule has 1 fully saturated rings. The van der Waals surface area contributed by atoms with Gasteiger partial charge < -0.3 is 14.9 Å². The molecule has 18 heavy (non-hydrogen) atoms. The summed E-state index contributed by atoms with van der Waals surface area (Å²) < 4.78 is 0. The lowest BCUT2D eigenvalue weighted by Gasteiger charge is -2.22. The number of aliphatic hydroxyl groups is 1. The predicted octanol–water partition coefficient (Wildman–Crippen LogP) is 1.20. The van der Waals surface area contributed by atoms with E-state index in [0.717, 1.165) is 49.7 Å². The molecule has 0 spiro atoms. The zero-order valence-electron chi connectivity index (χ0n) is 11.4. The molecule has 1 saturated heterocycles. The van der Waals surface area contributed by atoms with Gasteiger partial charge in [0, 0.05) is 38.9 Å². The number of nitrogens with zero attached hydrogens (tertiary/aromatic N) is 4. The van der Waals surface area contributed by atoms with Crippen LogP contribution in [0.3, 0.4) is 0 Å². The molecule has 0 aromatic carbocycles. The summed E-state index contributed by atoms with van der Waals surface area (Å²) in [5.74, 6) is 1.74. The maximum atomic E-state index is 9.67. The second kappa shape index (κ2) is 5.52. The van der Waals surface area contributed by atoms with E-state index in [0.29, 0.717) is 0 Å². The minimum atomic E-state index is -0.172. The first-order valence-corrected chi connectivity index (χ1v) is 6.52. The molecule has 1 unspecified atom stereocenters. The van der Waals surface area contributed by atoms with E-state index in [-0.39, 0.29) is 6.10 Å². The second-order valence-electron chi connectivity index (χ2n) is 5.14. The van der Waals surface area contributed by atoms with E-state index in [1.54, 1.807) is 0 Å². The number of aryl methyl sites for hydroxylation is 1. The molecule has 1 aromatic heterocycles. The maximum absolute atomic E-state index is 9.67. The van der Waals surface area contributed by atoms with Gasteiger partial charge in [0.25, 0.3) is 0 Å². The van der Waals surface area contributed by atoms with Gasteiger partial charge in [-0.25, -0.2) is 4.98 Å². The van der Waals surface area contributed by atoms with Crippen LogP contribution in [-0.2, 0) is 0 Å². The molecular weight excluding hydrogens is 228 g/mol. The molecule has 1 atom stereocenters. The molecule has 1 aliphatic heterocycles. The highest BCUT2D eigenvalue weighted by Crippen LogP contribution is 2.20. The van der Waals surface area contributed by atoms with Crippen molar-refractivity contribution in [1.29, 1.82) is 0 Å². The Labute approximate surface area is 108 Å². The third-order valence-corrected chi connectivity index (χ3v) is 3.34. The molecule has 5 nitrogen and oxygen atoms in total. The van der Waals surface area contributed by atoms with Crippen LogP contribution in [0.1, 0.15) is 24.8 Å². The first kappa shape index (κ1) is 13.1. The molecule has 5 heteroatoms. The molecule has 100 valence electrons. The number of aliphatic hydroxyl groups excluding tert-OH is 1. The van der Waals surface area contributed by atoms with Gasteiger partial charge in [-0.2, -0.15) is 4.98 Å². The van der Waals surface area contributed by atoms with Crippen molar-refractivity contribution in [2.45, 2.75) is 32.3 Å². The zero-order chi connectivity index (χ0) is 13.1. The van der Waals surface area contributed by atoms with Gasteiger partial charge in [0.1, 0.15) is 5.82 Å². The summed E-state index contributed by atoms with van der Waals surface area (Å²) in [6, 6.07) is 0. The quantitative estimate of drug-likeness (QED) is 0.855. The van der Waals surface area contributed by atoms with Crippen LogP contribution in [0.25, 0.3) is 0 Å². The minimum Gasteiger partial charge on any atom is -0.393 e. The summed E-state index contributed by atoms with van der Waals surface area (Å²) in [4.78, 5) is 13.2. The summed E-state index contributed by atoms with van der Waals surface area (Å²) >= 11 is 0. The SMILES string of the molecule is Cc1cnc(N2CCCC(O)CC2)nc1N(C)C. The van der Waals surface area contributed by atoms with Crippen LogP contribution < -0.4 is 9.80 Å². The number of aromatic nitrogens is 2. The molecule has 2 rings (SSSR count). The van der Waals surface area contributed by atoms with Crippen LogP contribution in [0.2, 0.25) is 0 Å². The summed E-state index contributed by atoms with van der Waals surface area (Å²) in [5, 5.41) is 9.67. The molecule has 0 radical (unpaired) electrons. The summed E-state index contributed by atoms with van der Waals surface area (Å²) in [7, 11) is 3.98. The standard InChI is InChI=1S/C13H22N4O/c1-10-9-14-13(15-12(10)16(2)3)17-7-4-5-11(18)6-8-17/h9,11,18H,4-8H2,1-3H3. The maximum Gasteiger partial charge on any atom is 0.227 e. The molecule has 1 aliphatic rings. The molecule has 0 bridgehead atoms. The fourth-order valence-corrected chi connectivity index (χ4v) is 2.31. The van der Waals surface area contributed by atoms with E-state index in [2.05, 4.69) is 14.9 Å². The Morgan fingerprint density at radius 2 is 2.11 bits per heavy atom. The van der Waals surface area contributed by atoms with Crippen molar-refractivity contribution < 1.29 is 5.11 Å². The zero-order valence-corrected chi connectivity index (χ0v) is 11.4. The Morgan fingerprint density at radius 3 is 2.83 bits per heavy atom. The molecule has 1 N–H and O–H groups in total. The van der Waals surface area contributed by atoms with Crippen LogP contribution in [0.5, 0.6) is 0 Å². The van der Waals surface area contributed by atoms with Crippen molar-refractivity contribution in [3.05, 3.63) is 11.8 Å². The van der Waals surface area contributed by atoms with Gasteiger partial charge >= 0.3 is 0 Å². The van der Waals surface area contributed by atoms with Crippen LogP contribution in [0, 0.1) is 6.92 Å². The Balaban J connectivity index is 2.19. The molecule has 2 heterocycles. The van der Waals surface area contributed by atoms with E-state index in [4.69, 9.17) is 0 Å². The van der Waals surface area contributed by atoms with Gasteiger partial charge in [-0.15, -0.1) is 0 Å². The monoisotopic (exact) mass is 250 g/mol. The fraction of sp³-hybridized carbons (Fsp3) is 0.692. The largest absolute Gasteiger partial charge is 0.393 e. The van der Waals surface area contributed by atoms with Gasteiger partial charge in [-0.1, -0.05) is 0 Å². The Kier molecular flexibility index (Phi) is 4.01. The van der Waals surface area contributed by atoms with Gasteiger partial charge in [0.15, 0.2) is 0 Å². The molecule has 0 saturated carbocycles. The van der Waals surface area contributed by atoms with Crippen LogP contribution >= 0.6 is 0 Å². The van der Waals surface area contributed by atoms with Crippen molar-refractivity contribution in [1.82, 2.24) is 9.97 Å². The van der Waals surface area contributed by atoms with Crippen molar-refractivity contribution >= 4 is 11.8 Å². The third-order valence-electron chi connectivity index (χ3n) is 3.34. The average Bonchev–Trinajstić information content (AvgIpc) is 2.54. The smallest absolute Gasteiger partial charge is 0.227 e. The van der Waals surface area contributed by atoms with Gasteiger partial charge in [-0.3, -0.25) is 0 Å². The van der Waals surface area contributed by atoms with Crippen LogP contribution in [-0.4, -0.2) is 48.4 Å². The lowest BCUT2D eigenvalue weighted by atomic mass is 10.2. The summed E-state index contributed by atoms with van der Waals surface area (Å²) in [6.07, 6.45) is 4.38. The number of hydrogen-bond acceptors (Lipinski definition) is 5. The van der Waals surface area contributed by atoms with E-state index in [9.17, 15) is 5.11 Å². The lowest BCUT2D eigenvalue weighted by molar-refractivity contribution is 0.161. The minimum absolute atomic E-state index is 0.172. The highest BCUT2D eigenvalue weighted by Gasteiger charge is 2.18. The lowest BCUT2D eigenvalue weighted by Crippen LogP contribution is -2.27. The van der Waals surface area contributed by atoms with Crippen molar-refractivity contribution in [3.8, 4) is 0 Å². The van der Waals surface area contributed by atoms with E-state index >= 15 is 0 Å². The second-order valence-corrected chi connectivity index (χ2v) is 5.14. The highest BCUT2D eigenvalue weighted by molar-refractivity contribution is 5.48. The number of hydrogen-bond donors (Lipinski definition) is 1. The van der Waals surface area contributed by atoms with Gasteiger partial charge in [0.05, 0.1) is 6.10 Å². The first-order chi connectivity index (χ1) is 8.58. The summed E-state index contributed by atoms with van der Waals surface area (Å²) in [5.41, 5.74) is 1.08. The van der Waals surface area contributed by atoms with Crippen molar-refractivity contribution in [2.24, 2.45) is 0 Å². The fourth-order valence-electron chi connectivity index (χ4n) is 2.31. The molecule has 0 aliphatic carbocycles. The average molecular weight is 250 g/mol. The normalized spacial score (nSPS) is 20.7. The van der Waals surface area contributed by atoms with Gasteiger partial charge in [-0.05, 0) is 26.2 Å². The molecular formula is C13H22N4O. The van der Waals surface area contributed by atoms with Gasteiger partial charge in [0.2, 0.25) is 5.95 Å². The topological polar surface area (TPSA) is 52.5 Å². The third kappa shape index (κ3) is 2.90. The Bertz CT molecular complexity index is 408. The van der Waals surface area contributed by atoms with E-state index < -0.39 is 0 Å². The number of rotatable bonds is 2. The van der Waals surface area contributed by atoms with Crippen LogP contribution in [0.4, 0.5) is 11.8 Å². The number of anilines is 2. The van der Waals surface area contributed by atoms with E-state index in [1.807, 2.05) is 32.1 Å². The van der Waals surface area contributed by atoms with Crippen molar-refractivity contribution in [3.63, 3.8) is 0 Å². The molecule has 1 aromatic rings. The van der Waals surface area contributed by atoms with Crippen LogP contribution in [0.15, 0.2) is 6.20 Å². The Hall–Kier alpha value is -1.36. The summed E-state index contributed by atoms with van der Waals surface area (Å²) in [6.45, 7) is 3.77. The molecule has 0 amide bonds. The predicted molar refractivity (Wildman–Crippen MR) is 73.2 cm³/mol. The van der Waals surface area contributed by atoms with E-state index in [1.165, 1.54) is 0 Å². The Morgan fingerprint density at radius 1 is 1.33 bits per heavy atom. The first-order valence-electron chi connectivity index (χ1n) is 6.52. The van der Waals surface area contributed by atoms with Crippen molar-refractivity contribution in [2.75, 3.05) is 37.0 Å². The highest BCUT2D eigenvalue weighted by atomic mass is 16.3.